The number of anilines is 1. The van der Waals surface area contributed by atoms with Crippen molar-refractivity contribution in [3.05, 3.63) is 113 Å². The highest BCUT2D eigenvalue weighted by molar-refractivity contribution is 6.00. The van der Waals surface area contributed by atoms with Gasteiger partial charge in [0.1, 0.15) is 17.7 Å². The molecule has 3 unspecified atom stereocenters. The van der Waals surface area contributed by atoms with Crippen molar-refractivity contribution in [2.45, 2.75) is 85.0 Å². The summed E-state index contributed by atoms with van der Waals surface area (Å²) in [4.78, 5) is 43.8. The Morgan fingerprint density at radius 3 is 2.07 bits per heavy atom. The van der Waals surface area contributed by atoms with E-state index in [0.29, 0.717) is 17.7 Å². The predicted octanol–water partition coefficient (Wildman–Crippen LogP) is 7.90. The molecule has 4 rings (SSSR count). The van der Waals surface area contributed by atoms with Gasteiger partial charge < -0.3 is 20.3 Å². The van der Waals surface area contributed by atoms with Crippen LogP contribution in [0.4, 0.5) is 10.5 Å². The van der Waals surface area contributed by atoms with Crippen LogP contribution in [-0.2, 0) is 20.7 Å². The molecule has 236 valence electrons. The van der Waals surface area contributed by atoms with E-state index in [0.717, 1.165) is 27.5 Å². The lowest BCUT2D eigenvalue weighted by Crippen LogP contribution is -2.55. The van der Waals surface area contributed by atoms with Crippen molar-refractivity contribution in [1.29, 1.82) is 0 Å². The number of hydrogen-bond donors (Lipinski definition) is 2. The first-order valence-corrected chi connectivity index (χ1v) is 15.6. The molecule has 45 heavy (non-hydrogen) atoms. The van der Waals surface area contributed by atoms with E-state index in [1.54, 1.807) is 25.7 Å². The zero-order chi connectivity index (χ0) is 32.7. The molecule has 0 heterocycles. The molecule has 0 bridgehead atoms. The van der Waals surface area contributed by atoms with Gasteiger partial charge in [-0.3, -0.25) is 9.59 Å². The van der Waals surface area contributed by atoms with Gasteiger partial charge in [-0.2, -0.15) is 0 Å². The number of carbonyl (C=O) groups excluding carboxylic acids is 3. The summed E-state index contributed by atoms with van der Waals surface area (Å²) in [6, 6.07) is 26.9. The molecule has 2 N–H and O–H groups in total. The van der Waals surface area contributed by atoms with Crippen molar-refractivity contribution in [1.82, 2.24) is 10.2 Å². The standard InChI is InChI=1S/C38H45N3O4/c1-8-27(4)41(36(43)33(23-28-14-10-9-11-15-28)40-37(44)45-38(5,6)7)34(31-21-25(2)20-26(3)22-31)35(42)39-32-19-18-29-16-12-13-17-30(29)24-32/h9-22,24,27,33-34H,8,23H2,1-7H3,(H,39,42)(H,40,44). The van der Waals surface area contributed by atoms with Crippen molar-refractivity contribution in [3.8, 4) is 0 Å². The number of nitrogens with one attached hydrogen (secondary N) is 2. The van der Waals surface area contributed by atoms with Crippen molar-refractivity contribution in [2.24, 2.45) is 0 Å². The molecule has 0 spiro atoms. The topological polar surface area (TPSA) is 87.7 Å². The number of nitrogens with zero attached hydrogens (tertiary/aromatic N) is 1. The number of carbonyl (C=O) groups is 3. The number of aryl methyl sites for hydroxylation is 2. The predicted molar refractivity (Wildman–Crippen MR) is 181 cm³/mol. The van der Waals surface area contributed by atoms with E-state index in [4.69, 9.17) is 4.74 Å². The smallest absolute Gasteiger partial charge is 0.408 e. The summed E-state index contributed by atoms with van der Waals surface area (Å²) in [7, 11) is 0. The lowest BCUT2D eigenvalue weighted by molar-refractivity contribution is -0.143. The van der Waals surface area contributed by atoms with E-state index in [1.807, 2.05) is 119 Å². The summed E-state index contributed by atoms with van der Waals surface area (Å²) in [5.74, 6) is -0.698. The van der Waals surface area contributed by atoms with Crippen molar-refractivity contribution < 1.29 is 19.1 Å². The van der Waals surface area contributed by atoms with E-state index in [1.165, 1.54) is 0 Å². The average Bonchev–Trinajstić information content (AvgIpc) is 2.97. The van der Waals surface area contributed by atoms with Crippen LogP contribution in [0.1, 0.15) is 69.3 Å². The monoisotopic (exact) mass is 607 g/mol. The second-order valence-corrected chi connectivity index (χ2v) is 12.8. The molecule has 4 aromatic rings. The van der Waals surface area contributed by atoms with Gasteiger partial charge in [0.2, 0.25) is 5.91 Å². The van der Waals surface area contributed by atoms with E-state index in [2.05, 4.69) is 10.6 Å². The van der Waals surface area contributed by atoms with E-state index in [9.17, 15) is 14.4 Å². The van der Waals surface area contributed by atoms with Gasteiger partial charge in [-0.1, -0.05) is 96.9 Å². The molecular weight excluding hydrogens is 562 g/mol. The summed E-state index contributed by atoms with van der Waals surface area (Å²) in [6.45, 7) is 13.2. The Kier molecular flexibility index (Phi) is 10.7. The molecule has 0 aliphatic rings. The number of fused-ring (bicyclic) bond motifs is 1. The third-order valence-electron chi connectivity index (χ3n) is 7.70. The van der Waals surface area contributed by atoms with E-state index >= 15 is 0 Å². The summed E-state index contributed by atoms with van der Waals surface area (Å²) < 4.78 is 5.56. The Morgan fingerprint density at radius 1 is 0.822 bits per heavy atom. The number of alkyl carbamates (subject to hydrolysis) is 1. The highest BCUT2D eigenvalue weighted by atomic mass is 16.6. The number of benzene rings is 4. The third kappa shape index (κ3) is 8.94. The minimum absolute atomic E-state index is 0.234. The van der Waals surface area contributed by atoms with Gasteiger partial charge in [-0.25, -0.2) is 4.79 Å². The molecule has 3 atom stereocenters. The van der Waals surface area contributed by atoms with Gasteiger partial charge in [-0.05, 0) is 82.0 Å². The molecular formula is C38H45N3O4. The molecule has 0 saturated carbocycles. The fraction of sp³-hybridized carbons (Fsp3) is 0.342. The zero-order valence-electron chi connectivity index (χ0n) is 27.4. The van der Waals surface area contributed by atoms with Gasteiger partial charge in [0, 0.05) is 18.2 Å². The minimum atomic E-state index is -0.974. The van der Waals surface area contributed by atoms with Gasteiger partial charge in [0.15, 0.2) is 0 Å². The number of ether oxygens (including phenoxy) is 1. The van der Waals surface area contributed by atoms with Gasteiger partial charge >= 0.3 is 6.09 Å². The first-order chi connectivity index (χ1) is 21.3. The first kappa shape index (κ1) is 33.2. The Morgan fingerprint density at radius 2 is 1.44 bits per heavy atom. The van der Waals surface area contributed by atoms with E-state index in [-0.39, 0.29) is 24.3 Å². The van der Waals surface area contributed by atoms with Crippen LogP contribution in [0.2, 0.25) is 0 Å². The van der Waals surface area contributed by atoms with Crippen LogP contribution in [0.3, 0.4) is 0 Å². The first-order valence-electron chi connectivity index (χ1n) is 15.6. The second kappa shape index (κ2) is 14.4. The maximum atomic E-state index is 14.7. The maximum absolute atomic E-state index is 14.7. The third-order valence-corrected chi connectivity index (χ3v) is 7.70. The van der Waals surface area contributed by atoms with Crippen molar-refractivity contribution in [2.75, 3.05) is 5.32 Å². The second-order valence-electron chi connectivity index (χ2n) is 12.8. The molecule has 3 amide bonds. The molecule has 0 aliphatic heterocycles. The highest BCUT2D eigenvalue weighted by Gasteiger charge is 2.39. The molecule has 0 aromatic heterocycles. The molecule has 4 aromatic carbocycles. The summed E-state index contributed by atoms with van der Waals surface area (Å²) in [6.07, 6.45) is 0.142. The Balaban J connectivity index is 1.79. The lowest BCUT2D eigenvalue weighted by atomic mass is 9.95. The van der Waals surface area contributed by atoms with Gasteiger partial charge in [-0.15, -0.1) is 0 Å². The van der Waals surface area contributed by atoms with Gasteiger partial charge in [0.25, 0.3) is 5.91 Å². The van der Waals surface area contributed by atoms with Crippen LogP contribution in [-0.4, -0.2) is 40.5 Å². The zero-order valence-corrected chi connectivity index (χ0v) is 27.4. The van der Waals surface area contributed by atoms with Crippen LogP contribution in [0.5, 0.6) is 0 Å². The summed E-state index contributed by atoms with van der Waals surface area (Å²) in [5, 5.41) is 8.00. The van der Waals surface area contributed by atoms with Crippen molar-refractivity contribution in [3.63, 3.8) is 0 Å². The SMILES string of the molecule is CCC(C)N(C(=O)C(Cc1ccccc1)NC(=O)OC(C)(C)C)C(C(=O)Nc1ccc2ccccc2c1)c1cc(C)cc(C)c1. The molecule has 7 heteroatoms. The van der Waals surface area contributed by atoms with Crippen LogP contribution in [0, 0.1) is 13.8 Å². The maximum Gasteiger partial charge on any atom is 0.408 e. The highest BCUT2D eigenvalue weighted by Crippen LogP contribution is 2.30. The lowest BCUT2D eigenvalue weighted by Gasteiger charge is -2.38. The molecule has 0 radical (unpaired) electrons. The minimum Gasteiger partial charge on any atom is -0.444 e. The molecule has 0 saturated heterocycles. The van der Waals surface area contributed by atoms with Crippen LogP contribution in [0.25, 0.3) is 10.8 Å². The van der Waals surface area contributed by atoms with Gasteiger partial charge in [0.05, 0.1) is 0 Å². The quantitative estimate of drug-likeness (QED) is 0.192. The van der Waals surface area contributed by atoms with Crippen LogP contribution in [0.15, 0.2) is 91.0 Å². The number of amides is 3. The fourth-order valence-corrected chi connectivity index (χ4v) is 5.56. The molecule has 0 aliphatic carbocycles. The van der Waals surface area contributed by atoms with Crippen LogP contribution < -0.4 is 10.6 Å². The fourth-order valence-electron chi connectivity index (χ4n) is 5.56. The largest absolute Gasteiger partial charge is 0.444 e. The van der Waals surface area contributed by atoms with Crippen LogP contribution >= 0.6 is 0 Å². The summed E-state index contributed by atoms with van der Waals surface area (Å²) in [5.41, 5.74) is 3.44. The van der Waals surface area contributed by atoms with Crippen molar-refractivity contribution >= 4 is 34.4 Å². The molecule has 7 nitrogen and oxygen atoms in total. The molecule has 0 fully saturated rings. The normalized spacial score (nSPS) is 13.4. The Bertz CT molecular complexity index is 1620. The van der Waals surface area contributed by atoms with E-state index < -0.39 is 23.8 Å². The Hall–Kier alpha value is -4.65. The summed E-state index contributed by atoms with van der Waals surface area (Å²) >= 11 is 0. The number of hydrogen-bond acceptors (Lipinski definition) is 4. The Labute approximate surface area is 267 Å². The average molecular weight is 608 g/mol. The number of rotatable bonds is 10.